The van der Waals surface area contributed by atoms with Crippen LogP contribution >= 0.6 is 0 Å². The van der Waals surface area contributed by atoms with Gasteiger partial charge in [0.15, 0.2) is 0 Å². The van der Waals surface area contributed by atoms with Crippen LogP contribution in [-0.2, 0) is 0 Å². The number of aliphatic hydroxyl groups is 2. The summed E-state index contributed by atoms with van der Waals surface area (Å²) in [4.78, 5) is 12.9. The second-order valence-electron chi connectivity index (χ2n) is 10.9. The molecule has 0 amide bonds. The van der Waals surface area contributed by atoms with Gasteiger partial charge in [0.05, 0.1) is 25.9 Å². The van der Waals surface area contributed by atoms with Crippen molar-refractivity contribution < 1.29 is 38.3 Å². The van der Waals surface area contributed by atoms with Crippen LogP contribution in [0.15, 0.2) is 66.2 Å². The Morgan fingerprint density at radius 3 is 2.38 bits per heavy atom. The van der Waals surface area contributed by atoms with E-state index in [2.05, 4.69) is 0 Å². The summed E-state index contributed by atoms with van der Waals surface area (Å²) in [6.45, 7) is 7.13. The van der Waals surface area contributed by atoms with Crippen LogP contribution in [0, 0.1) is 18.2 Å². The number of esters is 1. The van der Waals surface area contributed by atoms with Gasteiger partial charge in [0.25, 0.3) is 0 Å². The molecule has 3 aromatic carbocycles. The first-order valence-electron chi connectivity index (χ1n) is 12.9. The van der Waals surface area contributed by atoms with Crippen molar-refractivity contribution in [2.45, 2.75) is 45.8 Å². The van der Waals surface area contributed by atoms with Gasteiger partial charge < -0.3 is 29.2 Å². The second-order valence-corrected chi connectivity index (χ2v) is 10.9. The van der Waals surface area contributed by atoms with Crippen LogP contribution < -0.4 is 18.9 Å². The SMILES string of the molecule is COc1ccccc1C(=O)Oc1ccc(C2=C(COc3cc(F)ccc3C)C(C)(O)CC(C)(C)C2O)c(OC)c1. The van der Waals surface area contributed by atoms with Gasteiger partial charge in [-0.05, 0) is 67.2 Å². The van der Waals surface area contributed by atoms with E-state index in [0.717, 1.165) is 5.56 Å². The maximum Gasteiger partial charge on any atom is 0.347 e. The van der Waals surface area contributed by atoms with E-state index in [4.69, 9.17) is 18.9 Å². The molecule has 0 aromatic heterocycles. The lowest BCUT2D eigenvalue weighted by Gasteiger charge is -2.46. The lowest BCUT2D eigenvalue weighted by Crippen LogP contribution is -2.47. The van der Waals surface area contributed by atoms with Crippen LogP contribution in [0.25, 0.3) is 5.57 Å². The first-order valence-corrected chi connectivity index (χ1v) is 12.9. The molecule has 0 saturated carbocycles. The number of hydrogen-bond acceptors (Lipinski definition) is 7. The van der Waals surface area contributed by atoms with Gasteiger partial charge in [-0.15, -0.1) is 0 Å². The summed E-state index contributed by atoms with van der Waals surface area (Å²) in [5, 5.41) is 23.1. The Balaban J connectivity index is 1.76. The largest absolute Gasteiger partial charge is 0.496 e. The molecular weight excluding hydrogens is 515 g/mol. The van der Waals surface area contributed by atoms with Crippen LogP contribution in [0.2, 0.25) is 0 Å². The van der Waals surface area contributed by atoms with Gasteiger partial charge in [0.2, 0.25) is 0 Å². The Morgan fingerprint density at radius 1 is 0.975 bits per heavy atom. The Labute approximate surface area is 233 Å². The highest BCUT2D eigenvalue weighted by Crippen LogP contribution is 2.50. The van der Waals surface area contributed by atoms with Gasteiger partial charge >= 0.3 is 5.97 Å². The van der Waals surface area contributed by atoms with E-state index < -0.39 is 28.9 Å². The van der Waals surface area contributed by atoms with Gasteiger partial charge in [0.1, 0.15) is 41.0 Å². The molecule has 0 saturated heterocycles. The fourth-order valence-corrected chi connectivity index (χ4v) is 5.29. The molecule has 1 aliphatic carbocycles. The number of benzene rings is 3. The lowest BCUT2D eigenvalue weighted by molar-refractivity contribution is -0.0159. The molecule has 3 aromatic rings. The van der Waals surface area contributed by atoms with Crippen LogP contribution in [-0.4, -0.2) is 48.7 Å². The van der Waals surface area contributed by atoms with Crippen molar-refractivity contribution >= 4 is 11.5 Å². The fraction of sp³-hybridized carbons (Fsp3) is 0.344. The monoisotopic (exact) mass is 550 g/mol. The summed E-state index contributed by atoms with van der Waals surface area (Å²) in [5.74, 6) is 0.231. The average Bonchev–Trinajstić information content (AvgIpc) is 2.91. The Morgan fingerprint density at radius 2 is 1.68 bits per heavy atom. The minimum atomic E-state index is -1.35. The number of halogens is 1. The van der Waals surface area contributed by atoms with E-state index in [-0.39, 0.29) is 24.3 Å². The second kappa shape index (κ2) is 11.3. The number of para-hydroxylation sites is 1. The molecule has 1 aliphatic rings. The molecule has 0 spiro atoms. The van der Waals surface area contributed by atoms with Gasteiger partial charge in [-0.1, -0.05) is 32.0 Å². The molecule has 7 nitrogen and oxygen atoms in total. The number of ether oxygens (including phenoxy) is 4. The summed E-state index contributed by atoms with van der Waals surface area (Å²) in [5.41, 5.74) is 0.350. The molecule has 4 rings (SSSR count). The topological polar surface area (TPSA) is 94.5 Å². The maximum atomic E-state index is 13.9. The van der Waals surface area contributed by atoms with Crippen LogP contribution in [0.1, 0.15) is 48.7 Å². The summed E-state index contributed by atoms with van der Waals surface area (Å²) < 4.78 is 36.4. The highest BCUT2D eigenvalue weighted by atomic mass is 19.1. The zero-order valence-corrected chi connectivity index (χ0v) is 23.6. The third-order valence-electron chi connectivity index (χ3n) is 7.31. The van der Waals surface area contributed by atoms with Crippen LogP contribution in [0.3, 0.4) is 0 Å². The molecule has 212 valence electrons. The molecule has 0 bridgehead atoms. The number of rotatable bonds is 8. The molecule has 40 heavy (non-hydrogen) atoms. The highest BCUT2D eigenvalue weighted by Gasteiger charge is 2.47. The first kappa shape index (κ1) is 29.1. The number of hydrogen-bond donors (Lipinski definition) is 2. The third kappa shape index (κ3) is 5.83. The Hall–Kier alpha value is -3.88. The third-order valence-corrected chi connectivity index (χ3v) is 7.31. The molecule has 2 N–H and O–H groups in total. The predicted octanol–water partition coefficient (Wildman–Crippen LogP) is 5.74. The van der Waals surface area contributed by atoms with Gasteiger partial charge in [-0.25, -0.2) is 9.18 Å². The smallest absolute Gasteiger partial charge is 0.347 e. The van der Waals surface area contributed by atoms with E-state index >= 15 is 0 Å². The minimum absolute atomic E-state index is 0.0898. The number of aryl methyl sites for hydroxylation is 1. The van der Waals surface area contributed by atoms with Crippen LogP contribution in [0.4, 0.5) is 4.39 Å². The molecule has 8 heteroatoms. The number of methoxy groups -OCH3 is 2. The van der Waals surface area contributed by atoms with Crippen molar-refractivity contribution in [1.82, 2.24) is 0 Å². The van der Waals surface area contributed by atoms with E-state index in [1.165, 1.54) is 26.4 Å². The Bertz CT molecular complexity index is 1440. The van der Waals surface area contributed by atoms with Crippen molar-refractivity contribution in [3.8, 4) is 23.0 Å². The molecule has 0 heterocycles. The zero-order chi connectivity index (χ0) is 29.2. The summed E-state index contributed by atoms with van der Waals surface area (Å²) >= 11 is 0. The normalized spacial score (nSPS) is 20.2. The standard InChI is InChI=1S/C32H35FO7/c1-19-11-12-20(33)15-26(19)39-17-24-28(29(34)31(2,3)18-32(24,4)36)22-14-13-21(16-27(22)38-6)40-30(35)23-9-7-8-10-25(23)37-5/h7-16,29,34,36H,17-18H2,1-6H3. The van der Waals surface area contributed by atoms with Gasteiger partial charge in [0, 0.05) is 23.3 Å². The number of aliphatic hydroxyl groups excluding tert-OH is 1. The molecular formula is C32H35FO7. The van der Waals surface area contributed by atoms with E-state index in [1.54, 1.807) is 62.4 Å². The van der Waals surface area contributed by atoms with Crippen molar-refractivity contribution in [2.24, 2.45) is 5.41 Å². The molecule has 2 atom stereocenters. The summed E-state index contributed by atoms with van der Waals surface area (Å²) in [6, 6.07) is 15.8. The van der Waals surface area contributed by atoms with Crippen molar-refractivity contribution in [3.63, 3.8) is 0 Å². The number of carbonyl (C=O) groups excluding carboxylic acids is 1. The fourth-order valence-electron chi connectivity index (χ4n) is 5.29. The van der Waals surface area contributed by atoms with E-state index in [1.807, 2.05) is 13.8 Å². The Kier molecular flexibility index (Phi) is 8.23. The van der Waals surface area contributed by atoms with Gasteiger partial charge in [-0.2, -0.15) is 0 Å². The van der Waals surface area contributed by atoms with E-state index in [9.17, 15) is 19.4 Å². The summed E-state index contributed by atoms with van der Waals surface area (Å²) in [7, 11) is 2.94. The first-order chi connectivity index (χ1) is 18.9. The van der Waals surface area contributed by atoms with E-state index in [0.29, 0.717) is 34.0 Å². The zero-order valence-electron chi connectivity index (χ0n) is 23.6. The molecule has 0 radical (unpaired) electrons. The molecule has 0 fully saturated rings. The quantitative estimate of drug-likeness (QED) is 0.273. The maximum absolute atomic E-state index is 13.9. The molecule has 2 unspecified atom stereocenters. The number of carbonyl (C=O) groups is 1. The van der Waals surface area contributed by atoms with Crippen molar-refractivity contribution in [3.05, 3.63) is 88.7 Å². The lowest BCUT2D eigenvalue weighted by atomic mass is 9.64. The van der Waals surface area contributed by atoms with Crippen molar-refractivity contribution in [1.29, 1.82) is 0 Å². The van der Waals surface area contributed by atoms with Crippen LogP contribution in [0.5, 0.6) is 23.0 Å². The predicted molar refractivity (Wildman–Crippen MR) is 150 cm³/mol. The summed E-state index contributed by atoms with van der Waals surface area (Å²) in [6.07, 6.45) is -0.724. The van der Waals surface area contributed by atoms with Gasteiger partial charge in [-0.3, -0.25) is 0 Å². The van der Waals surface area contributed by atoms with Crippen molar-refractivity contribution in [2.75, 3.05) is 20.8 Å². The average molecular weight is 551 g/mol. The minimum Gasteiger partial charge on any atom is -0.496 e. The highest BCUT2D eigenvalue weighted by molar-refractivity contribution is 5.94. The molecule has 0 aliphatic heterocycles.